The average Bonchev–Trinajstić information content (AvgIpc) is 3.44. The fraction of sp³-hybridized carbons (Fsp3) is 0.176. The summed E-state index contributed by atoms with van der Waals surface area (Å²) in [6.07, 6.45) is 4.97. The Balaban J connectivity index is 1.57. The summed E-state index contributed by atoms with van der Waals surface area (Å²) in [5.74, 6) is -0.702. The van der Waals surface area contributed by atoms with E-state index in [1.807, 2.05) is 73.8 Å². The van der Waals surface area contributed by atoms with Gasteiger partial charge in [0.1, 0.15) is 35.5 Å². The lowest BCUT2D eigenvalue weighted by Crippen LogP contribution is -2.43. The lowest BCUT2D eigenvalue weighted by Gasteiger charge is -2.27. The van der Waals surface area contributed by atoms with Gasteiger partial charge in [-0.2, -0.15) is 10.4 Å². The van der Waals surface area contributed by atoms with E-state index in [4.69, 9.17) is 9.84 Å². The van der Waals surface area contributed by atoms with E-state index in [9.17, 15) is 19.2 Å². The minimum Gasteiger partial charge on any atom is -0.489 e. The van der Waals surface area contributed by atoms with Crippen LogP contribution < -0.4 is 4.74 Å². The quantitative estimate of drug-likeness (QED) is 0.169. The van der Waals surface area contributed by atoms with Gasteiger partial charge in [-0.25, -0.2) is 9.07 Å². The van der Waals surface area contributed by atoms with Crippen LogP contribution in [-0.4, -0.2) is 33.0 Å². The Morgan fingerprint density at radius 1 is 1.00 bits per heavy atom. The van der Waals surface area contributed by atoms with Gasteiger partial charge in [0.05, 0.1) is 5.69 Å². The zero-order valence-electron chi connectivity index (χ0n) is 23.4. The molecular formula is C34H29FN4O3. The number of ether oxygens (including phenoxy) is 1. The molecule has 5 rings (SSSR count). The normalized spacial score (nSPS) is 14.4. The number of hydrogen-bond donors (Lipinski definition) is 0. The summed E-state index contributed by atoms with van der Waals surface area (Å²) in [4.78, 5) is 27.6. The third kappa shape index (κ3) is 5.91. The number of imide groups is 1. The van der Waals surface area contributed by atoms with E-state index in [1.165, 1.54) is 12.1 Å². The van der Waals surface area contributed by atoms with Gasteiger partial charge in [-0.15, -0.1) is 0 Å². The minimum atomic E-state index is -0.559. The van der Waals surface area contributed by atoms with E-state index in [2.05, 4.69) is 0 Å². The summed E-state index contributed by atoms with van der Waals surface area (Å²) in [5, 5.41) is 14.6. The van der Waals surface area contributed by atoms with Crippen LogP contribution in [0.3, 0.4) is 0 Å². The van der Waals surface area contributed by atoms with Crippen molar-refractivity contribution in [1.29, 1.82) is 5.26 Å². The maximum atomic E-state index is 13.6. The molecule has 0 unspecified atom stereocenters. The highest BCUT2D eigenvalue weighted by Gasteiger charge is 2.35. The molecule has 1 aliphatic heterocycles. The van der Waals surface area contributed by atoms with E-state index in [1.54, 1.807) is 29.8 Å². The number of unbranched alkanes of at least 4 members (excludes halogenated alkanes) is 1. The molecule has 0 aliphatic carbocycles. The summed E-state index contributed by atoms with van der Waals surface area (Å²) in [5.41, 5.74) is 4.22. The van der Waals surface area contributed by atoms with Gasteiger partial charge in [-0.3, -0.25) is 14.5 Å². The third-order valence-electron chi connectivity index (χ3n) is 7.05. The Labute approximate surface area is 243 Å². The van der Waals surface area contributed by atoms with Crippen molar-refractivity contribution in [3.63, 3.8) is 0 Å². The Hall–Kier alpha value is -5.29. The zero-order valence-corrected chi connectivity index (χ0v) is 23.4. The molecular weight excluding hydrogens is 531 g/mol. The van der Waals surface area contributed by atoms with Crippen molar-refractivity contribution in [2.45, 2.75) is 33.3 Å². The van der Waals surface area contributed by atoms with Gasteiger partial charge in [0.2, 0.25) is 0 Å². The van der Waals surface area contributed by atoms with Crippen LogP contribution in [0.5, 0.6) is 5.75 Å². The average molecular weight is 561 g/mol. The second-order valence-corrected chi connectivity index (χ2v) is 9.94. The van der Waals surface area contributed by atoms with Gasteiger partial charge in [-0.05, 0) is 67.0 Å². The van der Waals surface area contributed by atoms with Crippen molar-refractivity contribution < 1.29 is 18.7 Å². The Morgan fingerprint density at radius 2 is 1.76 bits per heavy atom. The van der Waals surface area contributed by atoms with Crippen molar-refractivity contribution in [3.8, 4) is 28.8 Å². The molecule has 4 aromatic rings. The first-order valence-corrected chi connectivity index (χ1v) is 13.7. The molecule has 2 amide bonds. The molecule has 0 fully saturated rings. The highest BCUT2D eigenvalue weighted by Crippen LogP contribution is 2.32. The van der Waals surface area contributed by atoms with Crippen molar-refractivity contribution in [2.75, 3.05) is 6.54 Å². The monoisotopic (exact) mass is 560 g/mol. The number of hydrogen-bond acceptors (Lipinski definition) is 5. The molecule has 2 heterocycles. The van der Waals surface area contributed by atoms with Crippen molar-refractivity contribution in [3.05, 3.63) is 119 Å². The molecule has 3 aromatic carbocycles. The van der Waals surface area contributed by atoms with Gasteiger partial charge in [0, 0.05) is 29.4 Å². The fourth-order valence-corrected chi connectivity index (χ4v) is 4.72. The molecule has 0 saturated heterocycles. The van der Waals surface area contributed by atoms with Crippen molar-refractivity contribution in [1.82, 2.24) is 14.7 Å². The van der Waals surface area contributed by atoms with Crippen molar-refractivity contribution >= 4 is 17.9 Å². The Morgan fingerprint density at radius 3 is 2.48 bits per heavy atom. The van der Waals surface area contributed by atoms with Gasteiger partial charge in [0.25, 0.3) is 11.8 Å². The first-order chi connectivity index (χ1) is 20.4. The van der Waals surface area contributed by atoms with Crippen LogP contribution >= 0.6 is 0 Å². The second-order valence-electron chi connectivity index (χ2n) is 9.94. The number of nitriles is 1. The molecule has 42 heavy (non-hydrogen) atoms. The maximum absolute atomic E-state index is 13.6. The summed E-state index contributed by atoms with van der Waals surface area (Å²) in [6, 6.07) is 25.1. The number of halogens is 1. The predicted octanol–water partition coefficient (Wildman–Crippen LogP) is 6.65. The third-order valence-corrected chi connectivity index (χ3v) is 7.05. The van der Waals surface area contributed by atoms with Crippen LogP contribution in [0.15, 0.2) is 102 Å². The summed E-state index contributed by atoms with van der Waals surface area (Å²) in [6.45, 7) is 4.11. The molecule has 0 atom stereocenters. The van der Waals surface area contributed by atoms with Crippen LogP contribution in [0.1, 0.15) is 37.8 Å². The number of carbonyl (C=O) groups excluding carboxylic acids is 2. The van der Waals surface area contributed by atoms with Gasteiger partial charge in [0.15, 0.2) is 0 Å². The lowest BCUT2D eigenvalue weighted by atomic mass is 9.93. The number of para-hydroxylation sites is 1. The van der Waals surface area contributed by atoms with E-state index in [0.717, 1.165) is 28.1 Å². The van der Waals surface area contributed by atoms with Crippen LogP contribution in [0, 0.1) is 17.1 Å². The number of nitrogens with zero attached hydrogens (tertiary/aromatic N) is 4. The number of rotatable bonds is 9. The topological polar surface area (TPSA) is 88.2 Å². The summed E-state index contributed by atoms with van der Waals surface area (Å²) >= 11 is 0. The van der Waals surface area contributed by atoms with Crippen LogP contribution in [0.4, 0.5) is 4.39 Å². The largest absolute Gasteiger partial charge is 0.489 e. The van der Waals surface area contributed by atoms with Crippen LogP contribution in [0.25, 0.3) is 23.0 Å². The van der Waals surface area contributed by atoms with Crippen LogP contribution in [-0.2, 0) is 16.2 Å². The van der Waals surface area contributed by atoms with E-state index in [-0.39, 0.29) is 30.1 Å². The molecule has 0 spiro atoms. The smallest absolute Gasteiger partial charge is 0.271 e. The molecule has 8 heteroatoms. The maximum Gasteiger partial charge on any atom is 0.271 e. The van der Waals surface area contributed by atoms with Gasteiger partial charge in [-0.1, -0.05) is 55.8 Å². The molecule has 0 bridgehead atoms. The molecule has 210 valence electrons. The van der Waals surface area contributed by atoms with Crippen LogP contribution in [0.2, 0.25) is 0 Å². The van der Waals surface area contributed by atoms with E-state index < -0.39 is 11.8 Å². The SMILES string of the molecule is CCCCN1C(=O)C(C#N)=C(C)/C(=C\c2cn(-c3ccccc3)nc2-c2cccc(OCc3ccc(F)cc3)c2)C1=O. The molecule has 7 nitrogen and oxygen atoms in total. The zero-order chi connectivity index (χ0) is 29.6. The van der Waals surface area contributed by atoms with Crippen molar-refractivity contribution in [2.24, 2.45) is 0 Å². The molecule has 0 N–H and O–H groups in total. The highest BCUT2D eigenvalue weighted by molar-refractivity contribution is 6.19. The highest BCUT2D eigenvalue weighted by atomic mass is 19.1. The summed E-state index contributed by atoms with van der Waals surface area (Å²) in [7, 11) is 0. The molecule has 0 radical (unpaired) electrons. The number of aromatic nitrogens is 2. The lowest BCUT2D eigenvalue weighted by molar-refractivity contribution is -0.140. The minimum absolute atomic E-state index is 0.0369. The standard InChI is InChI=1S/C34H29FN4O3/c1-3-4-17-38-33(40)30(23(2)31(20-36)34(38)41)19-26-21-39(28-10-6-5-7-11-28)37-32(26)25-9-8-12-29(18-25)42-22-24-13-15-27(35)16-14-24/h5-16,18-19,21H,3-4,17,22H2,1-2H3/b30-19+. The predicted molar refractivity (Wildman–Crippen MR) is 158 cm³/mol. The first-order valence-electron chi connectivity index (χ1n) is 13.7. The van der Waals surface area contributed by atoms with E-state index in [0.29, 0.717) is 29.0 Å². The number of amides is 2. The summed E-state index contributed by atoms with van der Waals surface area (Å²) < 4.78 is 21.0. The van der Waals surface area contributed by atoms with E-state index >= 15 is 0 Å². The number of benzene rings is 3. The second kappa shape index (κ2) is 12.5. The molecule has 1 aliphatic rings. The number of carbonyl (C=O) groups is 2. The molecule has 0 saturated carbocycles. The first kappa shape index (κ1) is 28.2. The Bertz CT molecular complexity index is 1730. The van der Waals surface area contributed by atoms with Gasteiger partial charge < -0.3 is 4.74 Å². The molecule has 1 aromatic heterocycles. The Kier molecular flexibility index (Phi) is 8.39. The van der Waals surface area contributed by atoms with Gasteiger partial charge >= 0.3 is 0 Å². The fourth-order valence-electron chi connectivity index (χ4n) is 4.72.